The number of aryl methyl sites for hydroxylation is 4. The zero-order chi connectivity index (χ0) is 35.6. The van der Waals surface area contributed by atoms with Crippen molar-refractivity contribution in [1.82, 2.24) is 29.5 Å². The van der Waals surface area contributed by atoms with Gasteiger partial charge in [0.15, 0.2) is 0 Å². The molecule has 2 amide bonds. The molecule has 2 aliphatic rings. The number of carbonyl (C=O) groups is 2. The number of aliphatic hydroxyl groups excluding tert-OH is 1. The Bertz CT molecular complexity index is 1850. The molecule has 0 unspecified atom stereocenters. The highest BCUT2D eigenvalue weighted by Crippen LogP contribution is 2.34. The predicted octanol–water partition coefficient (Wildman–Crippen LogP) is 2.89. The lowest BCUT2D eigenvalue weighted by atomic mass is 9.89. The molecule has 0 radical (unpaired) electrons. The van der Waals surface area contributed by atoms with Crippen molar-refractivity contribution in [3.63, 3.8) is 0 Å². The van der Waals surface area contributed by atoms with Gasteiger partial charge < -0.3 is 15.3 Å². The Morgan fingerprint density at radius 1 is 1.10 bits per heavy atom. The van der Waals surface area contributed by atoms with Crippen LogP contribution in [0.25, 0.3) is 0 Å². The molecule has 0 saturated carbocycles. The number of hydrogen-bond acceptors (Lipinski definition) is 8. The Kier molecular flexibility index (Phi) is 10.6. The summed E-state index contributed by atoms with van der Waals surface area (Å²) in [7, 11) is -1.99. The number of halogens is 3. The highest BCUT2D eigenvalue weighted by molar-refractivity contribution is 7.89. The number of alkyl halides is 3. The topological polar surface area (TPSA) is 150 Å². The molecule has 3 heterocycles. The molecule has 1 fully saturated rings. The van der Waals surface area contributed by atoms with Crippen LogP contribution < -0.4 is 5.32 Å². The maximum Gasteiger partial charge on any atom is 0.416 e. The largest absolute Gasteiger partial charge is 0.416 e. The third-order valence-electron chi connectivity index (χ3n) is 9.00. The third-order valence-corrected chi connectivity index (χ3v) is 10.9. The molecule has 0 aliphatic carbocycles. The summed E-state index contributed by atoms with van der Waals surface area (Å²) in [6.45, 7) is 4.52. The second-order valence-corrected chi connectivity index (χ2v) is 14.8. The fourth-order valence-electron chi connectivity index (χ4n) is 6.16. The van der Waals surface area contributed by atoms with Crippen LogP contribution in [0.2, 0.25) is 0 Å². The number of aliphatic hydroxyl groups is 1. The van der Waals surface area contributed by atoms with E-state index in [9.17, 15) is 31.2 Å². The number of sulfonamides is 1. The van der Waals surface area contributed by atoms with Crippen LogP contribution in [0.4, 0.5) is 13.2 Å². The molecule has 1 aromatic heterocycles. The number of nitrogens with one attached hydrogen (secondary N) is 1. The van der Waals surface area contributed by atoms with Gasteiger partial charge in [-0.05, 0) is 86.6 Å². The van der Waals surface area contributed by atoms with Gasteiger partial charge in [0.05, 0.1) is 17.0 Å². The fourth-order valence-corrected chi connectivity index (χ4v) is 7.63. The number of nitrogens with zero attached hydrogens (tertiary/aromatic N) is 6. The second kappa shape index (κ2) is 14.4. The molecule has 49 heavy (non-hydrogen) atoms. The van der Waals surface area contributed by atoms with Crippen LogP contribution in [-0.2, 0) is 40.4 Å². The van der Waals surface area contributed by atoms with E-state index in [4.69, 9.17) is 5.11 Å². The Balaban J connectivity index is 1.14. The van der Waals surface area contributed by atoms with Crippen molar-refractivity contribution >= 4 is 27.7 Å². The maximum atomic E-state index is 13.4. The first-order chi connectivity index (χ1) is 23.1. The summed E-state index contributed by atoms with van der Waals surface area (Å²) in [5.41, 5.74) is 1.23. The van der Waals surface area contributed by atoms with Gasteiger partial charge in [0.2, 0.25) is 10.0 Å². The average Bonchev–Trinajstić information content (AvgIpc) is 3.63. The van der Waals surface area contributed by atoms with Crippen LogP contribution in [-0.4, -0.2) is 100.0 Å². The van der Waals surface area contributed by atoms with Gasteiger partial charge in [0.25, 0.3) is 11.8 Å². The standard InChI is InChI=1S/C33H40F3N7O5S/c1-22-17-26(20-27(18-22)33(34,35)36)29-37-31(46)32(38-29)9-13-43(14-10-32)49(47,48)16-8-24-5-6-25(19-23(24)2)30(45)41(3)11-4-12-42-21-28(7-15-44)39-40-42/h5-6,17-21,44H,4,7-16H2,1-3H3,(H,37,38,46). The smallest absolute Gasteiger partial charge is 0.396 e. The molecule has 16 heteroatoms. The number of piperidine rings is 1. The minimum atomic E-state index is -4.55. The maximum absolute atomic E-state index is 13.4. The van der Waals surface area contributed by atoms with Gasteiger partial charge in [-0.1, -0.05) is 11.3 Å². The Labute approximate surface area is 283 Å². The Morgan fingerprint density at radius 2 is 1.84 bits per heavy atom. The highest BCUT2D eigenvalue weighted by Gasteiger charge is 2.47. The van der Waals surface area contributed by atoms with E-state index in [1.807, 2.05) is 6.92 Å². The first-order valence-electron chi connectivity index (χ1n) is 16.0. The predicted molar refractivity (Wildman–Crippen MR) is 175 cm³/mol. The lowest BCUT2D eigenvalue weighted by Gasteiger charge is -2.34. The number of aromatic nitrogens is 3. The van der Waals surface area contributed by atoms with E-state index in [0.29, 0.717) is 42.8 Å². The van der Waals surface area contributed by atoms with Crippen LogP contribution in [0, 0.1) is 13.8 Å². The van der Waals surface area contributed by atoms with E-state index in [-0.39, 0.29) is 62.0 Å². The van der Waals surface area contributed by atoms with Gasteiger partial charge in [-0.15, -0.1) is 5.10 Å². The summed E-state index contributed by atoms with van der Waals surface area (Å²) in [5, 5.41) is 19.6. The Morgan fingerprint density at radius 3 is 2.51 bits per heavy atom. The molecular weight excluding hydrogens is 663 g/mol. The molecular formula is C33H40F3N7O5S. The van der Waals surface area contributed by atoms with E-state index >= 15 is 0 Å². The van der Waals surface area contributed by atoms with Crippen LogP contribution in [0.1, 0.15) is 63.1 Å². The number of amides is 2. The quantitative estimate of drug-likeness (QED) is 0.295. The van der Waals surface area contributed by atoms with Gasteiger partial charge in [-0.2, -0.15) is 13.2 Å². The number of carbonyl (C=O) groups excluding carboxylic acids is 2. The molecule has 1 spiro atoms. The van der Waals surface area contributed by atoms with Gasteiger partial charge in [0, 0.05) is 63.6 Å². The van der Waals surface area contributed by atoms with Gasteiger partial charge in [-0.3, -0.25) is 19.3 Å². The number of rotatable bonds is 12. The fraction of sp³-hybridized carbons (Fsp3) is 0.485. The van der Waals surface area contributed by atoms with E-state index in [1.165, 1.54) is 17.3 Å². The summed E-state index contributed by atoms with van der Waals surface area (Å²) in [5.74, 6) is -0.720. The molecule has 2 N–H and O–H groups in total. The SMILES string of the molecule is Cc1cc(C2=NC3(CCN(S(=O)(=O)CCc4ccc(C(=O)N(C)CCCn5cc(CCO)nn5)cc4C)CC3)C(=O)N2)cc(C(F)(F)F)c1. The Hall–Kier alpha value is -4.15. The molecule has 1 saturated heterocycles. The lowest BCUT2D eigenvalue weighted by Crippen LogP contribution is -2.50. The van der Waals surface area contributed by atoms with Crippen molar-refractivity contribution in [3.05, 3.63) is 81.7 Å². The number of aliphatic imine (C=N–C) groups is 1. The van der Waals surface area contributed by atoms with Crippen molar-refractivity contribution in [2.75, 3.05) is 39.0 Å². The number of benzene rings is 2. The molecule has 5 rings (SSSR count). The first kappa shape index (κ1) is 36.1. The molecule has 12 nitrogen and oxygen atoms in total. The van der Waals surface area contributed by atoms with E-state index in [2.05, 4.69) is 20.6 Å². The summed E-state index contributed by atoms with van der Waals surface area (Å²) in [6.07, 6.45) is -1.25. The van der Waals surface area contributed by atoms with Crippen molar-refractivity contribution in [2.45, 2.75) is 64.2 Å². The average molecular weight is 704 g/mol. The zero-order valence-corrected chi connectivity index (χ0v) is 28.4. The minimum Gasteiger partial charge on any atom is -0.396 e. The van der Waals surface area contributed by atoms with Crippen molar-refractivity contribution in [3.8, 4) is 0 Å². The van der Waals surface area contributed by atoms with Gasteiger partial charge >= 0.3 is 6.18 Å². The normalized spacial score (nSPS) is 16.6. The monoisotopic (exact) mass is 703 g/mol. The van der Waals surface area contributed by atoms with Crippen molar-refractivity contribution in [1.29, 1.82) is 0 Å². The molecule has 264 valence electrons. The van der Waals surface area contributed by atoms with Crippen LogP contribution in [0.5, 0.6) is 0 Å². The van der Waals surface area contributed by atoms with Crippen LogP contribution >= 0.6 is 0 Å². The summed E-state index contributed by atoms with van der Waals surface area (Å²) in [6, 6.07) is 8.71. The zero-order valence-electron chi connectivity index (χ0n) is 27.6. The number of amidine groups is 1. The third kappa shape index (κ3) is 8.36. The van der Waals surface area contributed by atoms with E-state index in [0.717, 1.165) is 23.3 Å². The number of hydrogen-bond donors (Lipinski definition) is 2. The molecule has 2 aromatic carbocycles. The highest BCUT2D eigenvalue weighted by atomic mass is 32.2. The molecule has 3 aromatic rings. The summed E-state index contributed by atoms with van der Waals surface area (Å²) >= 11 is 0. The molecule has 2 aliphatic heterocycles. The van der Waals surface area contributed by atoms with E-state index in [1.54, 1.807) is 41.0 Å². The lowest BCUT2D eigenvalue weighted by molar-refractivity contribution is -0.137. The van der Waals surface area contributed by atoms with Gasteiger partial charge in [0.1, 0.15) is 11.4 Å². The van der Waals surface area contributed by atoms with Crippen molar-refractivity contribution in [2.24, 2.45) is 4.99 Å². The molecule has 0 atom stereocenters. The first-order valence-corrected chi connectivity index (χ1v) is 17.6. The van der Waals surface area contributed by atoms with Gasteiger partial charge in [-0.25, -0.2) is 12.7 Å². The van der Waals surface area contributed by atoms with Crippen molar-refractivity contribution < 1.29 is 36.3 Å². The second-order valence-electron chi connectivity index (χ2n) is 12.7. The summed E-state index contributed by atoms with van der Waals surface area (Å²) in [4.78, 5) is 32.2. The summed E-state index contributed by atoms with van der Waals surface area (Å²) < 4.78 is 69.8. The molecule has 0 bridgehead atoms. The van der Waals surface area contributed by atoms with E-state index < -0.39 is 33.2 Å². The van der Waals surface area contributed by atoms with Crippen LogP contribution in [0.3, 0.4) is 0 Å². The minimum absolute atomic E-state index is 0.000281. The van der Waals surface area contributed by atoms with Crippen LogP contribution in [0.15, 0.2) is 47.6 Å².